The summed E-state index contributed by atoms with van der Waals surface area (Å²) in [5.74, 6) is 0.317. The fraction of sp³-hybridized carbons (Fsp3) is 0.167. The van der Waals surface area contributed by atoms with Crippen molar-refractivity contribution in [3.63, 3.8) is 0 Å². The zero-order valence-electron chi connectivity index (χ0n) is 5.57. The second-order valence-electron chi connectivity index (χ2n) is 1.57. The van der Waals surface area contributed by atoms with Crippen LogP contribution >= 0.6 is 0 Å². The summed E-state index contributed by atoms with van der Waals surface area (Å²) in [6.07, 6.45) is 1.39. The van der Waals surface area contributed by atoms with Crippen molar-refractivity contribution in [2.45, 2.75) is 0 Å². The third-order valence-corrected chi connectivity index (χ3v) is 0.998. The van der Waals surface area contributed by atoms with Gasteiger partial charge in [-0.05, 0) is 6.07 Å². The van der Waals surface area contributed by atoms with Crippen molar-refractivity contribution in [2.24, 2.45) is 0 Å². The molecule has 0 radical (unpaired) electrons. The quantitative estimate of drug-likeness (QED) is 0.393. The number of rotatable bonds is 1. The number of aromatic nitrogens is 1. The highest BCUT2D eigenvalue weighted by Gasteiger charge is 1.97. The van der Waals surface area contributed by atoms with Gasteiger partial charge in [-0.2, -0.15) is 0 Å². The summed E-state index contributed by atoms with van der Waals surface area (Å²) in [5.41, 5.74) is 0. The summed E-state index contributed by atoms with van der Waals surface area (Å²) in [6.45, 7) is 0. The van der Waals surface area contributed by atoms with E-state index >= 15 is 0 Å². The lowest BCUT2D eigenvalue weighted by atomic mass is 10.5. The fourth-order valence-corrected chi connectivity index (χ4v) is 0.571. The van der Waals surface area contributed by atoms with Gasteiger partial charge in [0.05, 0.1) is 13.2 Å². The van der Waals surface area contributed by atoms with E-state index in [0.717, 1.165) is 0 Å². The molecule has 1 aromatic rings. The van der Waals surface area contributed by atoms with E-state index in [0.29, 0.717) is 10.6 Å². The molecule has 0 saturated carbocycles. The maximum absolute atomic E-state index is 10.6. The molecule has 0 fully saturated rings. The van der Waals surface area contributed by atoms with Crippen molar-refractivity contribution in [1.82, 2.24) is 0 Å². The summed E-state index contributed by atoms with van der Waals surface area (Å²) >= 11 is 0. The minimum Gasteiger partial charge on any atom is -0.616 e. The molecule has 0 aliphatic rings. The highest BCUT2D eigenvalue weighted by molar-refractivity contribution is 5.02. The van der Waals surface area contributed by atoms with Crippen molar-refractivity contribution < 1.29 is 14.9 Å². The molecule has 0 aliphatic carbocycles. The van der Waals surface area contributed by atoms with Crippen LogP contribution in [0, 0.1) is 5.21 Å². The highest BCUT2D eigenvalue weighted by Crippen LogP contribution is 1.97. The number of ether oxygens (including phenoxy) is 1. The predicted octanol–water partition coefficient (Wildman–Crippen LogP) is -0.496. The molecule has 4 nitrogen and oxygen atoms in total. The van der Waals surface area contributed by atoms with Crippen molar-refractivity contribution in [2.75, 3.05) is 7.11 Å². The average Bonchev–Trinajstić information content (AvgIpc) is 1.89. The molecule has 0 aliphatic heterocycles. The van der Waals surface area contributed by atoms with E-state index in [1.54, 1.807) is 18.2 Å². The van der Waals surface area contributed by atoms with Crippen molar-refractivity contribution in [1.29, 1.82) is 0 Å². The van der Waals surface area contributed by atoms with E-state index < -0.39 is 0 Å². The van der Waals surface area contributed by atoms with Gasteiger partial charge in [0.2, 0.25) is 0 Å². The van der Waals surface area contributed by atoms with Crippen LogP contribution in [0.2, 0.25) is 0 Å². The van der Waals surface area contributed by atoms with E-state index in [1.165, 1.54) is 13.3 Å². The molecule has 56 valence electrons. The predicted molar refractivity (Wildman–Crippen MR) is 35.6 cm³/mol. The molecule has 2 N–H and O–H groups in total. The Balaban J connectivity index is 0.000000810. The SMILES string of the molecule is COc1cccc[n+]1[O-].O. The van der Waals surface area contributed by atoms with Gasteiger partial charge in [-0.15, -0.1) is 4.73 Å². The molecule has 4 heteroatoms. The minimum absolute atomic E-state index is 0. The van der Waals surface area contributed by atoms with Gasteiger partial charge in [-0.1, -0.05) is 0 Å². The summed E-state index contributed by atoms with van der Waals surface area (Å²) in [6, 6.07) is 5.00. The minimum atomic E-state index is 0. The van der Waals surface area contributed by atoms with E-state index in [-0.39, 0.29) is 5.48 Å². The van der Waals surface area contributed by atoms with Crippen LogP contribution in [0.25, 0.3) is 0 Å². The Morgan fingerprint density at radius 3 is 2.60 bits per heavy atom. The van der Waals surface area contributed by atoms with Crippen molar-refractivity contribution >= 4 is 0 Å². The molecule has 0 atom stereocenters. The van der Waals surface area contributed by atoms with Crippen LogP contribution in [-0.2, 0) is 0 Å². The molecule has 0 unspecified atom stereocenters. The smallest absolute Gasteiger partial charge is 0.379 e. The first kappa shape index (κ1) is 8.71. The van der Waals surface area contributed by atoms with Crippen molar-refractivity contribution in [3.8, 4) is 5.88 Å². The lowest BCUT2D eigenvalue weighted by Gasteiger charge is -1.98. The van der Waals surface area contributed by atoms with Gasteiger partial charge < -0.3 is 15.4 Å². The molecule has 0 saturated heterocycles. The molecule has 1 rings (SSSR count). The monoisotopic (exact) mass is 143 g/mol. The van der Waals surface area contributed by atoms with Gasteiger partial charge in [0.25, 0.3) is 0 Å². The third kappa shape index (κ3) is 1.60. The molecule has 0 bridgehead atoms. The van der Waals surface area contributed by atoms with Gasteiger partial charge in [-0.25, -0.2) is 0 Å². The zero-order chi connectivity index (χ0) is 6.69. The van der Waals surface area contributed by atoms with Gasteiger partial charge in [0.1, 0.15) is 0 Å². The topological polar surface area (TPSA) is 67.7 Å². The molecule has 1 aromatic heterocycles. The largest absolute Gasteiger partial charge is 0.616 e. The van der Waals surface area contributed by atoms with E-state index in [2.05, 4.69) is 0 Å². The van der Waals surface area contributed by atoms with Crippen LogP contribution in [0.1, 0.15) is 0 Å². The van der Waals surface area contributed by atoms with Gasteiger partial charge in [0.15, 0.2) is 6.20 Å². The van der Waals surface area contributed by atoms with Crippen molar-refractivity contribution in [3.05, 3.63) is 29.6 Å². The van der Waals surface area contributed by atoms with Crippen LogP contribution in [-0.4, -0.2) is 12.6 Å². The second kappa shape index (κ2) is 3.68. The standard InChI is InChI=1S/C6H7NO2.H2O/c1-9-6-4-2-3-5-7(6)8;/h2-5H,1H3;1H2. The van der Waals surface area contributed by atoms with Crippen LogP contribution in [0.5, 0.6) is 5.88 Å². The van der Waals surface area contributed by atoms with Gasteiger partial charge in [-0.3, -0.25) is 0 Å². The second-order valence-corrected chi connectivity index (χ2v) is 1.57. The Labute approximate surface area is 58.6 Å². The number of pyridine rings is 1. The van der Waals surface area contributed by atoms with Crippen LogP contribution < -0.4 is 9.47 Å². The zero-order valence-corrected chi connectivity index (χ0v) is 5.57. The first-order chi connectivity index (χ1) is 4.34. The highest BCUT2D eigenvalue weighted by atomic mass is 16.5. The molecule has 10 heavy (non-hydrogen) atoms. The first-order valence-electron chi connectivity index (χ1n) is 2.57. The molecular weight excluding hydrogens is 134 g/mol. The van der Waals surface area contributed by atoms with Gasteiger partial charge >= 0.3 is 5.88 Å². The lowest BCUT2D eigenvalue weighted by molar-refractivity contribution is -0.612. The summed E-state index contributed by atoms with van der Waals surface area (Å²) in [4.78, 5) is 0. The maximum Gasteiger partial charge on any atom is 0.379 e. The Morgan fingerprint density at radius 2 is 2.20 bits per heavy atom. The molecule has 0 amide bonds. The van der Waals surface area contributed by atoms with Crippen LogP contribution in [0.3, 0.4) is 0 Å². The summed E-state index contributed by atoms with van der Waals surface area (Å²) in [5, 5.41) is 10.6. The number of hydrogen-bond acceptors (Lipinski definition) is 2. The van der Waals surface area contributed by atoms with Gasteiger partial charge in [0, 0.05) is 6.07 Å². The number of hydrogen-bond donors (Lipinski definition) is 0. The van der Waals surface area contributed by atoms with Crippen LogP contribution in [0.15, 0.2) is 24.4 Å². The van der Waals surface area contributed by atoms with E-state index in [1.807, 2.05) is 0 Å². The normalized spacial score (nSPS) is 8.10. The first-order valence-corrected chi connectivity index (χ1v) is 2.57. The molecule has 1 heterocycles. The number of nitrogens with zero attached hydrogens (tertiary/aromatic N) is 1. The molecule has 0 spiro atoms. The Hall–Kier alpha value is -1.29. The number of methoxy groups -OCH3 is 1. The lowest BCUT2D eigenvalue weighted by Crippen LogP contribution is -2.26. The molecular formula is C6H9NO3. The Kier molecular flexibility index (Phi) is 3.21. The third-order valence-electron chi connectivity index (χ3n) is 0.998. The Bertz CT molecular complexity index is 202. The van der Waals surface area contributed by atoms with E-state index in [9.17, 15) is 5.21 Å². The summed E-state index contributed by atoms with van der Waals surface area (Å²) < 4.78 is 5.36. The Morgan fingerprint density at radius 1 is 1.50 bits per heavy atom. The van der Waals surface area contributed by atoms with Crippen LogP contribution in [0.4, 0.5) is 0 Å². The summed E-state index contributed by atoms with van der Waals surface area (Å²) in [7, 11) is 1.46. The fourth-order valence-electron chi connectivity index (χ4n) is 0.571. The van der Waals surface area contributed by atoms with E-state index in [4.69, 9.17) is 4.74 Å². The maximum atomic E-state index is 10.6. The molecule has 0 aromatic carbocycles. The average molecular weight is 143 g/mol.